The molecule has 0 aromatic heterocycles. The Labute approximate surface area is 177 Å². The molecule has 0 bridgehead atoms. The standard InChI is InChI=1S/C22H23F3N2O4/c23-16-7-9-17(10-8-16)30-13-11-26-20(28)15-4-3-12-27(14-15)21(29)18-5-1-2-6-19(18)31-22(24)25/h1-2,5-10,15,22H,3-4,11-14H2,(H,26,28). The van der Waals surface area contributed by atoms with Gasteiger partial charge < -0.3 is 19.7 Å². The molecule has 0 aliphatic carbocycles. The minimum atomic E-state index is -3.04. The van der Waals surface area contributed by atoms with Crippen LogP contribution in [0.4, 0.5) is 13.2 Å². The molecule has 166 valence electrons. The molecular formula is C22H23F3N2O4. The molecular weight excluding hydrogens is 413 g/mol. The zero-order valence-corrected chi connectivity index (χ0v) is 16.7. The molecule has 1 saturated heterocycles. The number of piperidine rings is 1. The Morgan fingerprint density at radius 2 is 1.87 bits per heavy atom. The van der Waals surface area contributed by atoms with Gasteiger partial charge in [0.25, 0.3) is 5.91 Å². The third kappa shape index (κ3) is 6.37. The van der Waals surface area contributed by atoms with Crippen LogP contribution in [0.1, 0.15) is 23.2 Å². The number of ether oxygens (including phenoxy) is 2. The Kier molecular flexibility index (Phi) is 7.75. The maximum Gasteiger partial charge on any atom is 0.387 e. The van der Waals surface area contributed by atoms with Crippen molar-refractivity contribution < 1.29 is 32.2 Å². The van der Waals surface area contributed by atoms with Crippen molar-refractivity contribution in [2.45, 2.75) is 19.5 Å². The molecule has 6 nitrogen and oxygen atoms in total. The Morgan fingerprint density at radius 3 is 2.61 bits per heavy atom. The molecule has 1 atom stereocenters. The molecule has 0 spiro atoms. The van der Waals surface area contributed by atoms with Crippen molar-refractivity contribution in [2.24, 2.45) is 5.92 Å². The lowest BCUT2D eigenvalue weighted by Gasteiger charge is -2.32. The number of nitrogens with zero attached hydrogens (tertiary/aromatic N) is 1. The van der Waals surface area contributed by atoms with Crippen molar-refractivity contribution in [3.63, 3.8) is 0 Å². The smallest absolute Gasteiger partial charge is 0.387 e. The summed E-state index contributed by atoms with van der Waals surface area (Å²) in [7, 11) is 0. The number of benzene rings is 2. The molecule has 2 amide bonds. The summed E-state index contributed by atoms with van der Waals surface area (Å²) >= 11 is 0. The van der Waals surface area contributed by atoms with Crippen molar-refractivity contribution >= 4 is 11.8 Å². The van der Waals surface area contributed by atoms with Gasteiger partial charge in [-0.15, -0.1) is 0 Å². The normalized spacial score (nSPS) is 16.1. The zero-order chi connectivity index (χ0) is 22.2. The molecule has 0 saturated carbocycles. The summed E-state index contributed by atoms with van der Waals surface area (Å²) in [6.45, 7) is -1.95. The van der Waals surface area contributed by atoms with Gasteiger partial charge in [-0.25, -0.2) is 4.39 Å². The van der Waals surface area contributed by atoms with E-state index in [1.54, 1.807) is 6.07 Å². The first-order chi connectivity index (χ1) is 14.9. The van der Waals surface area contributed by atoms with Gasteiger partial charge in [-0.2, -0.15) is 8.78 Å². The highest BCUT2D eigenvalue weighted by Crippen LogP contribution is 2.25. The van der Waals surface area contributed by atoms with E-state index in [1.807, 2.05) is 0 Å². The van der Waals surface area contributed by atoms with E-state index in [0.717, 1.165) is 0 Å². The molecule has 1 aliphatic heterocycles. The zero-order valence-electron chi connectivity index (χ0n) is 16.7. The number of rotatable bonds is 8. The second-order valence-electron chi connectivity index (χ2n) is 7.06. The number of amides is 2. The average molecular weight is 436 g/mol. The summed E-state index contributed by atoms with van der Waals surface area (Å²) < 4.78 is 48.0. The SMILES string of the molecule is O=C(NCCOc1ccc(F)cc1)C1CCCN(C(=O)c2ccccc2OC(F)F)C1. The third-order valence-electron chi connectivity index (χ3n) is 4.90. The van der Waals surface area contributed by atoms with Gasteiger partial charge in [-0.05, 0) is 49.2 Å². The number of hydrogen-bond donors (Lipinski definition) is 1. The molecule has 1 aliphatic rings. The number of hydrogen-bond acceptors (Lipinski definition) is 4. The van der Waals surface area contributed by atoms with E-state index in [4.69, 9.17) is 4.74 Å². The Morgan fingerprint density at radius 1 is 1.13 bits per heavy atom. The molecule has 0 radical (unpaired) electrons. The van der Waals surface area contributed by atoms with E-state index < -0.39 is 18.4 Å². The molecule has 9 heteroatoms. The summed E-state index contributed by atoms with van der Waals surface area (Å²) in [4.78, 5) is 26.8. The number of carbonyl (C=O) groups excluding carboxylic acids is 2. The predicted octanol–water partition coefficient (Wildman–Crippen LogP) is 3.47. The number of alkyl halides is 2. The highest BCUT2D eigenvalue weighted by Gasteiger charge is 2.30. The molecule has 2 aromatic rings. The molecule has 2 aromatic carbocycles. The molecule has 1 N–H and O–H groups in total. The largest absolute Gasteiger partial charge is 0.492 e. The van der Waals surface area contributed by atoms with Crippen LogP contribution < -0.4 is 14.8 Å². The highest BCUT2D eigenvalue weighted by atomic mass is 19.3. The van der Waals surface area contributed by atoms with E-state index in [-0.39, 0.29) is 42.7 Å². The van der Waals surface area contributed by atoms with Gasteiger partial charge in [0.1, 0.15) is 23.9 Å². The first-order valence-electron chi connectivity index (χ1n) is 9.93. The maximum atomic E-state index is 12.9. The van der Waals surface area contributed by atoms with Gasteiger partial charge in [0.2, 0.25) is 5.91 Å². The van der Waals surface area contributed by atoms with Crippen LogP contribution in [-0.2, 0) is 4.79 Å². The van der Waals surface area contributed by atoms with E-state index >= 15 is 0 Å². The maximum absolute atomic E-state index is 12.9. The summed E-state index contributed by atoms with van der Waals surface area (Å²) in [5.41, 5.74) is 0.0385. The number of nitrogens with one attached hydrogen (secondary N) is 1. The minimum Gasteiger partial charge on any atom is -0.492 e. The monoisotopic (exact) mass is 436 g/mol. The number of para-hydroxylation sites is 1. The molecule has 1 fully saturated rings. The first-order valence-corrected chi connectivity index (χ1v) is 9.93. The Hall–Kier alpha value is -3.23. The lowest BCUT2D eigenvalue weighted by atomic mass is 9.96. The lowest BCUT2D eigenvalue weighted by molar-refractivity contribution is -0.126. The number of likely N-dealkylation sites (tertiary alicyclic amines) is 1. The van der Waals surface area contributed by atoms with Crippen LogP contribution in [0.2, 0.25) is 0 Å². The van der Waals surface area contributed by atoms with Crippen LogP contribution in [0.15, 0.2) is 48.5 Å². The summed E-state index contributed by atoms with van der Waals surface area (Å²) in [6, 6.07) is 11.4. The van der Waals surface area contributed by atoms with Crippen LogP contribution in [0.25, 0.3) is 0 Å². The lowest BCUT2D eigenvalue weighted by Crippen LogP contribution is -2.46. The fourth-order valence-electron chi connectivity index (χ4n) is 3.41. The molecule has 31 heavy (non-hydrogen) atoms. The van der Waals surface area contributed by atoms with E-state index in [0.29, 0.717) is 25.1 Å². The van der Waals surface area contributed by atoms with Crippen LogP contribution >= 0.6 is 0 Å². The van der Waals surface area contributed by atoms with Gasteiger partial charge in [-0.1, -0.05) is 12.1 Å². The summed E-state index contributed by atoms with van der Waals surface area (Å²) in [6.07, 6.45) is 1.23. The Balaban J connectivity index is 1.51. The average Bonchev–Trinajstić information content (AvgIpc) is 2.77. The molecule has 1 heterocycles. The van der Waals surface area contributed by atoms with Crippen LogP contribution in [0.5, 0.6) is 11.5 Å². The Bertz CT molecular complexity index is 893. The van der Waals surface area contributed by atoms with Crippen molar-refractivity contribution in [3.05, 3.63) is 59.9 Å². The second kappa shape index (κ2) is 10.7. The van der Waals surface area contributed by atoms with E-state index in [9.17, 15) is 22.8 Å². The predicted molar refractivity (Wildman–Crippen MR) is 107 cm³/mol. The third-order valence-corrected chi connectivity index (χ3v) is 4.90. The van der Waals surface area contributed by atoms with Crippen LogP contribution in [0, 0.1) is 11.7 Å². The second-order valence-corrected chi connectivity index (χ2v) is 7.06. The first kappa shape index (κ1) is 22.5. The van der Waals surface area contributed by atoms with E-state index in [1.165, 1.54) is 47.4 Å². The highest BCUT2D eigenvalue weighted by molar-refractivity contribution is 5.97. The van der Waals surface area contributed by atoms with Gasteiger partial charge in [-0.3, -0.25) is 9.59 Å². The number of carbonyl (C=O) groups is 2. The van der Waals surface area contributed by atoms with Crippen molar-refractivity contribution in [3.8, 4) is 11.5 Å². The van der Waals surface area contributed by atoms with Crippen molar-refractivity contribution in [1.82, 2.24) is 10.2 Å². The summed E-state index contributed by atoms with van der Waals surface area (Å²) in [5, 5.41) is 2.77. The van der Waals surface area contributed by atoms with Crippen LogP contribution in [0.3, 0.4) is 0 Å². The van der Waals surface area contributed by atoms with E-state index in [2.05, 4.69) is 10.1 Å². The van der Waals surface area contributed by atoms with Crippen molar-refractivity contribution in [2.75, 3.05) is 26.2 Å². The van der Waals surface area contributed by atoms with Gasteiger partial charge >= 0.3 is 6.61 Å². The number of halogens is 3. The van der Waals surface area contributed by atoms with Gasteiger partial charge in [0, 0.05) is 13.1 Å². The van der Waals surface area contributed by atoms with Gasteiger partial charge in [0.15, 0.2) is 0 Å². The summed E-state index contributed by atoms with van der Waals surface area (Å²) in [5.74, 6) is -1.13. The fraction of sp³-hybridized carbons (Fsp3) is 0.364. The topological polar surface area (TPSA) is 67.9 Å². The quantitative estimate of drug-likeness (QED) is 0.644. The molecule has 3 rings (SSSR count). The van der Waals surface area contributed by atoms with Gasteiger partial charge in [0.05, 0.1) is 18.0 Å². The van der Waals surface area contributed by atoms with Crippen LogP contribution in [-0.4, -0.2) is 49.6 Å². The van der Waals surface area contributed by atoms with Crippen molar-refractivity contribution in [1.29, 1.82) is 0 Å². The fourth-order valence-corrected chi connectivity index (χ4v) is 3.41. The molecule has 1 unspecified atom stereocenters. The minimum absolute atomic E-state index is 0.0385.